The Bertz CT molecular complexity index is 1430. The van der Waals surface area contributed by atoms with Crippen LogP contribution >= 0.6 is 0 Å². The molecule has 0 fully saturated rings. The fraction of sp³-hybridized carbons (Fsp3) is 0.400. The lowest BCUT2D eigenvalue weighted by Gasteiger charge is -2.30. The molecular formula is C30H34N6O2. The van der Waals surface area contributed by atoms with Crippen molar-refractivity contribution in [1.82, 2.24) is 19.9 Å². The van der Waals surface area contributed by atoms with Crippen LogP contribution in [0, 0.1) is 18.3 Å². The highest BCUT2D eigenvalue weighted by molar-refractivity contribution is 5.76. The fourth-order valence-electron chi connectivity index (χ4n) is 5.23. The number of hydrogen-bond donors (Lipinski definition) is 1. The summed E-state index contributed by atoms with van der Waals surface area (Å²) in [5, 5.41) is 21.8. The second-order valence-electron chi connectivity index (χ2n) is 10.9. The number of anilines is 1. The molecule has 8 nitrogen and oxygen atoms in total. The van der Waals surface area contributed by atoms with Crippen molar-refractivity contribution in [3.05, 3.63) is 70.9 Å². The molecule has 1 N–H and O–H groups in total. The Morgan fingerprint density at radius 1 is 1.21 bits per heavy atom. The highest BCUT2D eigenvalue weighted by Gasteiger charge is 2.28. The van der Waals surface area contributed by atoms with Crippen molar-refractivity contribution in [2.45, 2.75) is 65.1 Å². The lowest BCUT2D eigenvalue weighted by Crippen LogP contribution is -2.39. The second-order valence-corrected chi connectivity index (χ2v) is 10.9. The largest absolute Gasteiger partial charge is 0.444 e. The van der Waals surface area contributed by atoms with Gasteiger partial charge in [0.05, 0.1) is 29.9 Å². The molecule has 2 aliphatic rings. The van der Waals surface area contributed by atoms with Crippen molar-refractivity contribution >= 4 is 17.4 Å². The molecule has 0 spiro atoms. The van der Waals surface area contributed by atoms with Gasteiger partial charge >= 0.3 is 6.09 Å². The predicted molar refractivity (Wildman–Crippen MR) is 147 cm³/mol. The van der Waals surface area contributed by atoms with Gasteiger partial charge in [-0.3, -0.25) is 0 Å². The Hall–Kier alpha value is -4.12. The number of benzene rings is 2. The number of carbonyl (C=O) groups is 1. The van der Waals surface area contributed by atoms with Crippen LogP contribution in [-0.4, -0.2) is 44.7 Å². The lowest BCUT2D eigenvalue weighted by atomic mass is 9.90. The minimum atomic E-state index is -0.508. The van der Waals surface area contributed by atoms with Crippen molar-refractivity contribution in [2.24, 2.45) is 0 Å². The number of aryl methyl sites for hydroxylation is 2. The monoisotopic (exact) mass is 510 g/mol. The third-order valence-electron chi connectivity index (χ3n) is 7.06. The van der Waals surface area contributed by atoms with E-state index in [1.807, 2.05) is 56.6 Å². The molecule has 0 aliphatic carbocycles. The van der Waals surface area contributed by atoms with Crippen LogP contribution in [0.2, 0.25) is 0 Å². The average molecular weight is 511 g/mol. The Balaban J connectivity index is 1.48. The Labute approximate surface area is 223 Å². The number of amides is 1. The number of carbonyl (C=O) groups excluding carboxylic acids is 1. The summed E-state index contributed by atoms with van der Waals surface area (Å²) < 4.78 is 7.55. The van der Waals surface area contributed by atoms with E-state index in [2.05, 4.69) is 46.0 Å². The number of fused-ring (bicyclic) bond motifs is 3. The molecule has 8 heteroatoms. The summed E-state index contributed by atoms with van der Waals surface area (Å²) in [6.07, 6.45) is 3.81. The number of para-hydroxylation sites is 1. The number of nitrogens with zero attached hydrogens (tertiary/aromatic N) is 5. The lowest BCUT2D eigenvalue weighted by molar-refractivity contribution is 0.0270. The van der Waals surface area contributed by atoms with Crippen LogP contribution in [0.25, 0.3) is 16.8 Å². The van der Waals surface area contributed by atoms with Gasteiger partial charge in [0.15, 0.2) is 0 Å². The molecule has 2 aromatic carbocycles. The van der Waals surface area contributed by atoms with Gasteiger partial charge in [-0.1, -0.05) is 41.6 Å². The molecule has 1 amide bonds. The zero-order valence-corrected chi connectivity index (χ0v) is 22.5. The van der Waals surface area contributed by atoms with E-state index < -0.39 is 5.60 Å². The van der Waals surface area contributed by atoms with Crippen LogP contribution in [-0.2, 0) is 17.7 Å². The predicted octanol–water partition coefficient (Wildman–Crippen LogP) is 5.90. The smallest absolute Gasteiger partial charge is 0.410 e. The fourth-order valence-corrected chi connectivity index (χ4v) is 5.23. The van der Waals surface area contributed by atoms with Crippen LogP contribution in [0.5, 0.6) is 0 Å². The molecular weight excluding hydrogens is 476 g/mol. The van der Waals surface area contributed by atoms with Gasteiger partial charge < -0.3 is 15.0 Å². The van der Waals surface area contributed by atoms with Crippen molar-refractivity contribution in [3.63, 3.8) is 0 Å². The van der Waals surface area contributed by atoms with Crippen LogP contribution in [0.4, 0.5) is 10.5 Å². The Morgan fingerprint density at radius 3 is 2.76 bits per heavy atom. The first-order valence-electron chi connectivity index (χ1n) is 13.2. The van der Waals surface area contributed by atoms with Crippen molar-refractivity contribution in [1.29, 1.82) is 5.26 Å². The third-order valence-corrected chi connectivity index (χ3v) is 7.06. The number of ether oxygens (including phenoxy) is 1. The SMILES string of the molecule is Cc1nnn2c1-c1ccc(C3=CCN(C(=O)OC(C)(C)C)CC3)cc1C(Nc1ccccc1CC#N)CC2. The first kappa shape index (κ1) is 25.5. The Morgan fingerprint density at radius 2 is 2.03 bits per heavy atom. The highest BCUT2D eigenvalue weighted by atomic mass is 16.6. The summed E-state index contributed by atoms with van der Waals surface area (Å²) in [5.74, 6) is 0. The molecule has 3 heterocycles. The molecule has 5 rings (SSSR count). The average Bonchev–Trinajstić information content (AvgIpc) is 3.18. The number of nitriles is 1. The first-order valence-corrected chi connectivity index (χ1v) is 13.2. The molecule has 0 saturated carbocycles. The third kappa shape index (κ3) is 5.28. The number of hydrogen-bond acceptors (Lipinski definition) is 6. The maximum absolute atomic E-state index is 12.5. The van der Waals surface area contributed by atoms with E-state index in [1.54, 1.807) is 4.90 Å². The molecule has 1 aromatic heterocycles. The zero-order chi connectivity index (χ0) is 26.9. The number of rotatable bonds is 4. The molecule has 0 saturated heterocycles. The molecule has 0 radical (unpaired) electrons. The van der Waals surface area contributed by atoms with Gasteiger partial charge in [0.25, 0.3) is 0 Å². The maximum Gasteiger partial charge on any atom is 0.410 e. The van der Waals surface area contributed by atoms with E-state index in [-0.39, 0.29) is 12.1 Å². The van der Waals surface area contributed by atoms with Crippen LogP contribution < -0.4 is 5.32 Å². The topological polar surface area (TPSA) is 96.1 Å². The van der Waals surface area contributed by atoms with Crippen molar-refractivity contribution < 1.29 is 9.53 Å². The first-order chi connectivity index (χ1) is 18.2. The summed E-state index contributed by atoms with van der Waals surface area (Å²) in [5.41, 5.74) is 8.12. The van der Waals surface area contributed by atoms with Crippen molar-refractivity contribution in [2.75, 3.05) is 18.4 Å². The van der Waals surface area contributed by atoms with Gasteiger partial charge in [-0.05, 0) is 74.9 Å². The van der Waals surface area contributed by atoms with Gasteiger partial charge in [0.2, 0.25) is 0 Å². The van der Waals surface area contributed by atoms with Gasteiger partial charge in [-0.2, -0.15) is 5.26 Å². The van der Waals surface area contributed by atoms with Crippen LogP contribution in [0.15, 0.2) is 48.5 Å². The Kier molecular flexibility index (Phi) is 6.94. The molecule has 1 unspecified atom stereocenters. The summed E-state index contributed by atoms with van der Waals surface area (Å²) in [6.45, 7) is 9.55. The highest BCUT2D eigenvalue weighted by Crippen LogP contribution is 2.39. The summed E-state index contributed by atoms with van der Waals surface area (Å²) in [6, 6.07) is 16.9. The van der Waals surface area contributed by atoms with E-state index in [9.17, 15) is 10.1 Å². The quantitative estimate of drug-likeness (QED) is 0.469. The van der Waals surface area contributed by atoms with Crippen molar-refractivity contribution in [3.8, 4) is 17.3 Å². The van der Waals surface area contributed by atoms with E-state index in [0.29, 0.717) is 19.5 Å². The normalized spacial score (nSPS) is 17.0. The number of aromatic nitrogens is 3. The van der Waals surface area contributed by atoms with Crippen LogP contribution in [0.1, 0.15) is 62.0 Å². The molecule has 196 valence electrons. The minimum Gasteiger partial charge on any atom is -0.444 e. The number of nitrogens with one attached hydrogen (secondary N) is 1. The van der Waals surface area contributed by atoms with E-state index in [0.717, 1.165) is 53.2 Å². The van der Waals surface area contributed by atoms with Gasteiger partial charge in [0.1, 0.15) is 5.60 Å². The zero-order valence-electron chi connectivity index (χ0n) is 22.5. The minimum absolute atomic E-state index is 0.0355. The maximum atomic E-state index is 12.5. The molecule has 2 aliphatic heterocycles. The van der Waals surface area contributed by atoms with E-state index in [4.69, 9.17) is 4.74 Å². The van der Waals surface area contributed by atoms with Gasteiger partial charge in [-0.25, -0.2) is 9.48 Å². The van der Waals surface area contributed by atoms with Crippen LogP contribution in [0.3, 0.4) is 0 Å². The summed E-state index contributed by atoms with van der Waals surface area (Å²) in [7, 11) is 0. The van der Waals surface area contributed by atoms with Gasteiger partial charge in [-0.15, -0.1) is 5.10 Å². The molecule has 0 bridgehead atoms. The standard InChI is InChI=1S/C30H34N6O2/c1-20-28-24-10-9-23(21-12-16-35(17-13-21)29(37)38-30(2,3)4)19-25(24)27(14-18-36(28)34-33-20)32-26-8-6-5-7-22(26)11-15-31/h5-10,12,19,27,32H,11,13-14,16-18H2,1-4H3. The summed E-state index contributed by atoms with van der Waals surface area (Å²) >= 11 is 0. The summed E-state index contributed by atoms with van der Waals surface area (Å²) in [4.78, 5) is 14.3. The van der Waals surface area contributed by atoms with E-state index in [1.165, 1.54) is 11.1 Å². The molecule has 38 heavy (non-hydrogen) atoms. The van der Waals surface area contributed by atoms with E-state index >= 15 is 0 Å². The molecule has 3 aromatic rings. The second kappa shape index (κ2) is 10.3. The van der Waals surface area contributed by atoms with Gasteiger partial charge in [0, 0.05) is 30.9 Å². The molecule has 1 atom stereocenters.